The van der Waals surface area contributed by atoms with Crippen LogP contribution in [0.5, 0.6) is 0 Å². The summed E-state index contributed by atoms with van der Waals surface area (Å²) in [6.07, 6.45) is 1.76. The molecule has 0 fully saturated rings. The number of sulfonamides is 1. The molecule has 3 aromatic rings. The number of carbonyl (C=O) groups is 1. The molecule has 30 heavy (non-hydrogen) atoms. The standard InChI is InChI=1S/C24H24N2O3S/c1-3-17-9-12-19(13-10-17)25-24(27)16-26-22-14-11-18(4-2)15-21(22)20-7-5-6-8-23(20)30(26,28)29/h5-15H,3-4,16H2,1-2H3,(H,25,27). The highest BCUT2D eigenvalue weighted by Crippen LogP contribution is 2.43. The van der Waals surface area contributed by atoms with E-state index in [2.05, 4.69) is 19.2 Å². The van der Waals surface area contributed by atoms with Crippen LogP contribution in [0.3, 0.4) is 0 Å². The maximum atomic E-state index is 13.3. The van der Waals surface area contributed by atoms with Crippen LogP contribution in [0.1, 0.15) is 25.0 Å². The molecule has 0 bridgehead atoms. The Labute approximate surface area is 177 Å². The van der Waals surface area contributed by atoms with Gasteiger partial charge in [0.2, 0.25) is 5.91 Å². The molecule has 0 aromatic heterocycles. The van der Waals surface area contributed by atoms with E-state index in [1.807, 2.05) is 48.5 Å². The predicted octanol–water partition coefficient (Wildman–Crippen LogP) is 4.63. The molecule has 1 N–H and O–H groups in total. The van der Waals surface area contributed by atoms with Gasteiger partial charge in [0.15, 0.2) is 0 Å². The fraction of sp³-hybridized carbons (Fsp3) is 0.208. The largest absolute Gasteiger partial charge is 0.325 e. The van der Waals surface area contributed by atoms with Gasteiger partial charge in [0.25, 0.3) is 10.0 Å². The second kappa shape index (κ2) is 7.95. The first-order valence-corrected chi connectivity index (χ1v) is 11.5. The molecule has 0 atom stereocenters. The fourth-order valence-electron chi connectivity index (χ4n) is 3.72. The lowest BCUT2D eigenvalue weighted by Crippen LogP contribution is -2.40. The lowest BCUT2D eigenvalue weighted by Gasteiger charge is -2.32. The minimum absolute atomic E-state index is 0.228. The zero-order chi connectivity index (χ0) is 21.3. The van der Waals surface area contributed by atoms with E-state index in [1.54, 1.807) is 18.2 Å². The number of rotatable bonds is 5. The van der Waals surface area contributed by atoms with Gasteiger partial charge in [0.1, 0.15) is 6.54 Å². The Hall–Kier alpha value is -3.12. The molecule has 1 aliphatic rings. The highest BCUT2D eigenvalue weighted by atomic mass is 32.2. The van der Waals surface area contributed by atoms with Gasteiger partial charge in [-0.2, -0.15) is 0 Å². The Bertz CT molecular complexity index is 1200. The van der Waals surface area contributed by atoms with Crippen LogP contribution in [0.4, 0.5) is 11.4 Å². The number of amides is 1. The highest BCUT2D eigenvalue weighted by Gasteiger charge is 2.35. The normalized spacial score (nSPS) is 14.0. The van der Waals surface area contributed by atoms with Crippen molar-refractivity contribution >= 4 is 27.3 Å². The maximum Gasteiger partial charge on any atom is 0.265 e. The Balaban J connectivity index is 1.69. The third-order valence-corrected chi connectivity index (χ3v) is 7.23. The van der Waals surface area contributed by atoms with Gasteiger partial charge in [-0.1, -0.05) is 50.2 Å². The van der Waals surface area contributed by atoms with Crippen LogP contribution >= 0.6 is 0 Å². The highest BCUT2D eigenvalue weighted by molar-refractivity contribution is 7.93. The number of fused-ring (bicyclic) bond motifs is 3. The molecule has 0 spiro atoms. The number of benzene rings is 3. The van der Waals surface area contributed by atoms with Crippen molar-refractivity contribution in [3.63, 3.8) is 0 Å². The summed E-state index contributed by atoms with van der Waals surface area (Å²) < 4.78 is 27.9. The molecule has 4 rings (SSSR count). The van der Waals surface area contributed by atoms with Crippen LogP contribution in [0.15, 0.2) is 71.6 Å². The summed E-state index contributed by atoms with van der Waals surface area (Å²) in [4.78, 5) is 13.0. The number of carbonyl (C=O) groups excluding carboxylic acids is 1. The van der Waals surface area contributed by atoms with Crippen LogP contribution in [0.2, 0.25) is 0 Å². The first-order valence-electron chi connectivity index (χ1n) is 10.1. The van der Waals surface area contributed by atoms with Crippen molar-refractivity contribution in [3.8, 4) is 11.1 Å². The number of nitrogens with one attached hydrogen (secondary N) is 1. The second-order valence-corrected chi connectivity index (χ2v) is 9.14. The first-order chi connectivity index (χ1) is 14.4. The number of anilines is 2. The van der Waals surface area contributed by atoms with Gasteiger partial charge in [0, 0.05) is 16.8 Å². The van der Waals surface area contributed by atoms with Crippen LogP contribution in [-0.4, -0.2) is 20.9 Å². The summed E-state index contributed by atoms with van der Waals surface area (Å²) in [5, 5.41) is 2.81. The summed E-state index contributed by atoms with van der Waals surface area (Å²) >= 11 is 0. The SMILES string of the molecule is CCc1ccc(NC(=O)CN2c3ccc(CC)cc3-c3ccccc3S2(=O)=O)cc1. The zero-order valence-electron chi connectivity index (χ0n) is 17.1. The number of hydrogen-bond donors (Lipinski definition) is 1. The third-order valence-electron chi connectivity index (χ3n) is 5.42. The third kappa shape index (κ3) is 3.59. The van der Waals surface area contributed by atoms with E-state index in [-0.39, 0.29) is 17.3 Å². The van der Waals surface area contributed by atoms with Gasteiger partial charge in [-0.05, 0) is 54.3 Å². The average Bonchev–Trinajstić information content (AvgIpc) is 2.77. The molecule has 1 aliphatic heterocycles. The van der Waals surface area contributed by atoms with Crippen molar-refractivity contribution in [2.24, 2.45) is 0 Å². The topological polar surface area (TPSA) is 66.5 Å². The van der Waals surface area contributed by atoms with E-state index < -0.39 is 10.0 Å². The zero-order valence-corrected chi connectivity index (χ0v) is 17.9. The van der Waals surface area contributed by atoms with Crippen molar-refractivity contribution in [3.05, 3.63) is 77.9 Å². The molecule has 0 aliphatic carbocycles. The van der Waals surface area contributed by atoms with Crippen LogP contribution < -0.4 is 9.62 Å². The Morgan fingerprint density at radius 2 is 1.53 bits per heavy atom. The molecule has 3 aromatic carbocycles. The van der Waals surface area contributed by atoms with Gasteiger partial charge in [-0.3, -0.25) is 9.10 Å². The van der Waals surface area contributed by atoms with Gasteiger partial charge in [0.05, 0.1) is 10.6 Å². The quantitative estimate of drug-likeness (QED) is 0.655. The summed E-state index contributed by atoms with van der Waals surface area (Å²) in [5.74, 6) is -0.382. The molecule has 0 unspecified atom stereocenters. The van der Waals surface area contributed by atoms with Gasteiger partial charge < -0.3 is 5.32 Å². The molecule has 1 amide bonds. The first kappa shape index (κ1) is 20.2. The van der Waals surface area contributed by atoms with Crippen molar-refractivity contribution in [2.75, 3.05) is 16.2 Å². The van der Waals surface area contributed by atoms with Gasteiger partial charge >= 0.3 is 0 Å². The molecular formula is C24H24N2O3S. The van der Waals surface area contributed by atoms with Gasteiger partial charge in [-0.25, -0.2) is 8.42 Å². The van der Waals surface area contributed by atoms with E-state index in [4.69, 9.17) is 0 Å². The van der Waals surface area contributed by atoms with Crippen molar-refractivity contribution in [1.82, 2.24) is 0 Å². The van der Waals surface area contributed by atoms with E-state index in [9.17, 15) is 13.2 Å². The summed E-state index contributed by atoms with van der Waals surface area (Å²) in [6.45, 7) is 3.83. The van der Waals surface area contributed by atoms with E-state index in [1.165, 1.54) is 9.87 Å². The van der Waals surface area contributed by atoms with E-state index in [0.29, 0.717) is 16.9 Å². The number of hydrogen-bond acceptors (Lipinski definition) is 3. The summed E-state index contributed by atoms with van der Waals surface area (Å²) in [7, 11) is -3.84. The van der Waals surface area contributed by atoms with Gasteiger partial charge in [-0.15, -0.1) is 0 Å². The lowest BCUT2D eigenvalue weighted by molar-refractivity contribution is -0.114. The monoisotopic (exact) mass is 420 g/mol. The molecule has 6 heteroatoms. The van der Waals surface area contributed by atoms with Crippen molar-refractivity contribution < 1.29 is 13.2 Å². The number of aryl methyl sites for hydroxylation is 2. The van der Waals surface area contributed by atoms with E-state index in [0.717, 1.165) is 24.0 Å². The minimum atomic E-state index is -3.84. The Morgan fingerprint density at radius 1 is 0.867 bits per heavy atom. The second-order valence-electron chi connectivity index (χ2n) is 7.31. The summed E-state index contributed by atoms with van der Waals surface area (Å²) in [5.41, 5.74) is 4.97. The molecule has 5 nitrogen and oxygen atoms in total. The van der Waals surface area contributed by atoms with Crippen LogP contribution in [0, 0.1) is 0 Å². The Morgan fingerprint density at radius 3 is 2.23 bits per heavy atom. The number of nitrogens with zero attached hydrogens (tertiary/aromatic N) is 1. The maximum absolute atomic E-state index is 13.3. The summed E-state index contributed by atoms with van der Waals surface area (Å²) in [6, 6.07) is 20.2. The molecule has 0 saturated heterocycles. The Kier molecular flexibility index (Phi) is 5.35. The molecule has 0 saturated carbocycles. The molecule has 1 heterocycles. The fourth-order valence-corrected chi connectivity index (χ4v) is 5.37. The molecule has 154 valence electrons. The average molecular weight is 421 g/mol. The predicted molar refractivity (Wildman–Crippen MR) is 120 cm³/mol. The van der Waals surface area contributed by atoms with E-state index >= 15 is 0 Å². The molecular weight excluding hydrogens is 396 g/mol. The van der Waals surface area contributed by atoms with Crippen LogP contribution in [-0.2, 0) is 27.7 Å². The van der Waals surface area contributed by atoms with Crippen molar-refractivity contribution in [2.45, 2.75) is 31.6 Å². The minimum Gasteiger partial charge on any atom is -0.325 e. The lowest BCUT2D eigenvalue weighted by atomic mass is 9.99. The molecule has 0 radical (unpaired) electrons. The van der Waals surface area contributed by atoms with Crippen LogP contribution in [0.25, 0.3) is 11.1 Å². The smallest absolute Gasteiger partial charge is 0.265 e. The van der Waals surface area contributed by atoms with Crippen molar-refractivity contribution in [1.29, 1.82) is 0 Å².